The zero-order valence-corrected chi connectivity index (χ0v) is 17.5. The maximum atomic E-state index is 12.5. The first kappa shape index (κ1) is 24.5. The number of hydrogen-bond donors (Lipinski definition) is 2. The Labute approximate surface area is 191 Å². The fraction of sp³-hybridized carbons (Fsp3) is 0.174. The van der Waals surface area contributed by atoms with Crippen LogP contribution in [0.15, 0.2) is 66.9 Å². The lowest BCUT2D eigenvalue weighted by Crippen LogP contribution is -2.26. The number of para-hydroxylation sites is 2. The molecule has 1 aromatic heterocycles. The van der Waals surface area contributed by atoms with E-state index in [4.69, 9.17) is 0 Å². The van der Waals surface area contributed by atoms with Gasteiger partial charge in [0.2, 0.25) is 0 Å². The maximum absolute atomic E-state index is 12.5. The molecule has 1 heterocycles. The number of benzene rings is 2. The van der Waals surface area contributed by atoms with Crippen LogP contribution in [-0.4, -0.2) is 30.0 Å². The summed E-state index contributed by atoms with van der Waals surface area (Å²) in [4.78, 5) is 28.9. The Kier molecular flexibility index (Phi) is 8.38. The second-order valence-electron chi connectivity index (χ2n) is 6.77. The number of carbonyl (C=O) groups is 2. The second-order valence-corrected chi connectivity index (χ2v) is 6.77. The van der Waals surface area contributed by atoms with Crippen LogP contribution in [0.3, 0.4) is 0 Å². The van der Waals surface area contributed by atoms with Crippen LogP contribution in [0.1, 0.15) is 32.0 Å². The Hall–Kier alpha value is -4.15. The summed E-state index contributed by atoms with van der Waals surface area (Å²) in [6.45, 7) is -6.22. The fourth-order valence-corrected chi connectivity index (χ4v) is 2.96. The molecule has 0 saturated carbocycles. The van der Waals surface area contributed by atoms with Gasteiger partial charge in [0.25, 0.3) is 11.8 Å². The predicted octanol–water partition coefficient (Wildman–Crippen LogP) is 4.14. The number of alkyl halides is 4. The highest BCUT2D eigenvalue weighted by Crippen LogP contribution is 2.21. The van der Waals surface area contributed by atoms with Crippen molar-refractivity contribution in [3.8, 4) is 11.5 Å². The van der Waals surface area contributed by atoms with E-state index in [0.29, 0.717) is 11.1 Å². The Morgan fingerprint density at radius 2 is 1.26 bits per heavy atom. The van der Waals surface area contributed by atoms with Crippen molar-refractivity contribution in [2.24, 2.45) is 0 Å². The number of pyridine rings is 1. The SMILES string of the molecule is O=C(NCc1ccccc1OC(F)F)c1ccnc(C(=O)NCc2ccccc2OC(F)F)c1. The molecule has 0 aliphatic heterocycles. The van der Waals surface area contributed by atoms with Gasteiger partial charge in [0.1, 0.15) is 17.2 Å². The lowest BCUT2D eigenvalue weighted by Gasteiger charge is -2.12. The molecule has 3 aromatic rings. The Morgan fingerprint density at radius 3 is 1.79 bits per heavy atom. The van der Waals surface area contributed by atoms with Crippen molar-refractivity contribution in [3.05, 3.63) is 89.2 Å². The van der Waals surface area contributed by atoms with Crippen molar-refractivity contribution in [1.29, 1.82) is 0 Å². The number of halogens is 4. The van der Waals surface area contributed by atoms with Gasteiger partial charge in [-0.05, 0) is 24.3 Å². The minimum Gasteiger partial charge on any atom is -0.434 e. The number of rotatable bonds is 10. The van der Waals surface area contributed by atoms with Crippen LogP contribution in [-0.2, 0) is 13.1 Å². The third kappa shape index (κ3) is 6.92. The summed E-state index contributed by atoms with van der Waals surface area (Å²) < 4.78 is 59.0. The summed E-state index contributed by atoms with van der Waals surface area (Å²) in [7, 11) is 0. The number of ether oxygens (including phenoxy) is 2. The number of hydrogen-bond acceptors (Lipinski definition) is 5. The van der Waals surface area contributed by atoms with Crippen molar-refractivity contribution in [2.75, 3.05) is 0 Å². The molecule has 2 amide bonds. The highest BCUT2D eigenvalue weighted by Gasteiger charge is 2.15. The second kappa shape index (κ2) is 11.6. The maximum Gasteiger partial charge on any atom is 0.387 e. The van der Waals surface area contributed by atoms with Gasteiger partial charge in [-0.3, -0.25) is 14.6 Å². The summed E-state index contributed by atoms with van der Waals surface area (Å²) in [5, 5.41) is 5.10. The van der Waals surface area contributed by atoms with E-state index < -0.39 is 25.0 Å². The van der Waals surface area contributed by atoms with Gasteiger partial charge in [-0.1, -0.05) is 36.4 Å². The molecule has 11 heteroatoms. The molecular formula is C23H19F4N3O4. The zero-order chi connectivity index (χ0) is 24.5. The Bertz CT molecular complexity index is 1060. The predicted molar refractivity (Wildman–Crippen MR) is 113 cm³/mol. The molecule has 7 nitrogen and oxygen atoms in total. The van der Waals surface area contributed by atoms with Gasteiger partial charge < -0.3 is 20.1 Å². The first-order chi connectivity index (χ1) is 16.3. The normalized spacial score (nSPS) is 10.8. The van der Waals surface area contributed by atoms with Crippen molar-refractivity contribution in [2.45, 2.75) is 26.3 Å². The van der Waals surface area contributed by atoms with Gasteiger partial charge in [0, 0.05) is 36.0 Å². The standard InChI is InChI=1S/C23H19F4N3O4/c24-22(25)33-18-7-3-1-5-15(18)12-29-20(31)14-9-10-28-17(11-14)21(32)30-13-16-6-2-4-8-19(16)34-23(26)27/h1-11,22-23H,12-13H2,(H,29,31)(H,30,32). The molecule has 2 aromatic carbocycles. The first-order valence-electron chi connectivity index (χ1n) is 9.91. The van der Waals surface area contributed by atoms with E-state index in [9.17, 15) is 27.2 Å². The highest BCUT2D eigenvalue weighted by molar-refractivity contribution is 5.98. The van der Waals surface area contributed by atoms with Crippen LogP contribution in [0.5, 0.6) is 11.5 Å². The van der Waals surface area contributed by atoms with E-state index in [2.05, 4.69) is 25.1 Å². The topological polar surface area (TPSA) is 89.5 Å². The smallest absolute Gasteiger partial charge is 0.387 e. The number of amides is 2. The summed E-state index contributed by atoms with van der Waals surface area (Å²) in [6, 6.07) is 14.6. The van der Waals surface area contributed by atoms with Crippen molar-refractivity contribution >= 4 is 11.8 Å². The zero-order valence-electron chi connectivity index (χ0n) is 17.5. The molecular weight excluding hydrogens is 458 g/mol. The monoisotopic (exact) mass is 477 g/mol. The minimum atomic E-state index is -3.01. The van der Waals surface area contributed by atoms with Crippen LogP contribution >= 0.6 is 0 Å². The van der Waals surface area contributed by atoms with Crippen LogP contribution < -0.4 is 20.1 Å². The van der Waals surface area contributed by atoms with E-state index in [1.54, 1.807) is 12.1 Å². The third-order valence-electron chi connectivity index (χ3n) is 4.51. The van der Waals surface area contributed by atoms with Gasteiger partial charge in [-0.25, -0.2) is 0 Å². The number of carbonyl (C=O) groups excluding carboxylic acids is 2. The number of nitrogens with one attached hydrogen (secondary N) is 2. The van der Waals surface area contributed by atoms with Gasteiger partial charge >= 0.3 is 13.2 Å². The summed E-state index contributed by atoms with van der Waals surface area (Å²) in [5.41, 5.74) is 0.692. The van der Waals surface area contributed by atoms with E-state index in [1.807, 2.05) is 0 Å². The largest absolute Gasteiger partial charge is 0.434 e. The van der Waals surface area contributed by atoms with Gasteiger partial charge in [0.05, 0.1) is 0 Å². The third-order valence-corrected chi connectivity index (χ3v) is 4.51. The van der Waals surface area contributed by atoms with Crippen molar-refractivity contribution in [1.82, 2.24) is 15.6 Å². The molecule has 0 bridgehead atoms. The molecule has 34 heavy (non-hydrogen) atoms. The Balaban J connectivity index is 1.62. The van der Waals surface area contributed by atoms with E-state index in [-0.39, 0.29) is 35.8 Å². The molecule has 178 valence electrons. The van der Waals surface area contributed by atoms with E-state index >= 15 is 0 Å². The average Bonchev–Trinajstić information content (AvgIpc) is 2.82. The van der Waals surface area contributed by atoms with E-state index in [1.165, 1.54) is 54.7 Å². The molecule has 0 radical (unpaired) electrons. The van der Waals surface area contributed by atoms with Crippen LogP contribution in [0.2, 0.25) is 0 Å². The molecule has 0 saturated heterocycles. The summed E-state index contributed by atoms with van der Waals surface area (Å²) in [6.07, 6.45) is 1.26. The van der Waals surface area contributed by atoms with Crippen molar-refractivity contribution in [3.63, 3.8) is 0 Å². The molecule has 3 rings (SSSR count). The fourth-order valence-electron chi connectivity index (χ4n) is 2.96. The molecule has 0 unspecified atom stereocenters. The van der Waals surface area contributed by atoms with Gasteiger partial charge in [0.15, 0.2) is 0 Å². The molecule has 0 fully saturated rings. The highest BCUT2D eigenvalue weighted by atomic mass is 19.3. The lowest BCUT2D eigenvalue weighted by molar-refractivity contribution is -0.0511. The van der Waals surface area contributed by atoms with Crippen LogP contribution in [0, 0.1) is 0 Å². The number of nitrogens with zero attached hydrogens (tertiary/aromatic N) is 1. The molecule has 2 N–H and O–H groups in total. The van der Waals surface area contributed by atoms with E-state index in [0.717, 1.165) is 0 Å². The van der Waals surface area contributed by atoms with Crippen LogP contribution in [0.25, 0.3) is 0 Å². The van der Waals surface area contributed by atoms with Crippen molar-refractivity contribution < 1.29 is 36.6 Å². The first-order valence-corrected chi connectivity index (χ1v) is 9.91. The molecule has 0 atom stereocenters. The molecule has 0 aliphatic rings. The average molecular weight is 477 g/mol. The van der Waals surface area contributed by atoms with Crippen LogP contribution in [0.4, 0.5) is 17.6 Å². The van der Waals surface area contributed by atoms with Gasteiger partial charge in [-0.2, -0.15) is 17.6 Å². The molecule has 0 spiro atoms. The Morgan fingerprint density at radius 1 is 0.765 bits per heavy atom. The minimum absolute atomic E-state index is 0.0660. The summed E-state index contributed by atoms with van der Waals surface area (Å²) >= 11 is 0. The lowest BCUT2D eigenvalue weighted by atomic mass is 10.1. The quantitative estimate of drug-likeness (QED) is 0.429. The summed E-state index contributed by atoms with van der Waals surface area (Å²) in [5.74, 6) is -1.35. The number of aromatic nitrogens is 1. The van der Waals surface area contributed by atoms with Gasteiger partial charge in [-0.15, -0.1) is 0 Å². The molecule has 0 aliphatic carbocycles.